The molecule has 0 radical (unpaired) electrons. The average molecular weight is 184 g/mol. The summed E-state index contributed by atoms with van der Waals surface area (Å²) in [6.07, 6.45) is 0. The summed E-state index contributed by atoms with van der Waals surface area (Å²) in [7, 11) is 0. The molecule has 1 saturated carbocycles. The first-order valence-corrected chi connectivity index (χ1v) is 4.70. The first-order valence-electron chi connectivity index (χ1n) is 4.70. The van der Waals surface area contributed by atoms with Crippen molar-refractivity contribution in [3.8, 4) is 0 Å². The van der Waals surface area contributed by atoms with Crippen LogP contribution < -0.4 is 0 Å². The molecule has 0 aliphatic heterocycles. The normalized spacial score (nSPS) is 36.8. The van der Waals surface area contributed by atoms with Crippen LogP contribution in [0.25, 0.3) is 0 Å². The molecule has 2 atom stereocenters. The Labute approximate surface area is 78.0 Å². The Balaban J connectivity index is 2.86. The van der Waals surface area contributed by atoms with Gasteiger partial charge in [-0.1, -0.05) is 27.7 Å². The molecule has 0 N–H and O–H groups in total. The second-order valence-corrected chi connectivity index (χ2v) is 4.36. The van der Waals surface area contributed by atoms with Gasteiger partial charge in [0.25, 0.3) is 0 Å². The van der Waals surface area contributed by atoms with Crippen molar-refractivity contribution in [1.29, 1.82) is 0 Å². The third kappa shape index (κ3) is 1.11. The van der Waals surface area contributed by atoms with Gasteiger partial charge >= 0.3 is 0 Å². The van der Waals surface area contributed by atoms with Gasteiger partial charge in [0.05, 0.1) is 0 Å². The van der Waals surface area contributed by atoms with Gasteiger partial charge in [-0.25, -0.2) is 0 Å². The summed E-state index contributed by atoms with van der Waals surface area (Å²) in [6.45, 7) is 7.95. The average Bonchev–Trinajstić information content (AvgIpc) is 2.06. The molecule has 0 heterocycles. The summed E-state index contributed by atoms with van der Waals surface area (Å²) >= 11 is 0. The molecular formula is C9H16N2O2. The molecule has 2 unspecified atom stereocenters. The molecule has 0 aromatic heterocycles. The monoisotopic (exact) mass is 184 g/mol. The van der Waals surface area contributed by atoms with Gasteiger partial charge in [-0.3, -0.25) is 0 Å². The smallest absolute Gasteiger partial charge is 0.148 e. The predicted molar refractivity (Wildman–Crippen MR) is 51.0 cm³/mol. The van der Waals surface area contributed by atoms with Crippen molar-refractivity contribution in [2.45, 2.75) is 33.4 Å². The van der Waals surface area contributed by atoms with Crippen LogP contribution in [0.3, 0.4) is 0 Å². The molecule has 74 valence electrons. The zero-order valence-electron chi connectivity index (χ0n) is 8.52. The number of nitroso groups, excluding NO2 is 2. The van der Waals surface area contributed by atoms with Gasteiger partial charge in [0.1, 0.15) is 0 Å². The minimum absolute atomic E-state index is 0.0162. The van der Waals surface area contributed by atoms with Gasteiger partial charge in [-0.15, -0.1) is 9.81 Å². The molecule has 0 saturated heterocycles. The van der Waals surface area contributed by atoms with Crippen molar-refractivity contribution < 1.29 is 0 Å². The minimum atomic E-state index is -1.19. The molecule has 1 aliphatic carbocycles. The molecule has 0 amide bonds. The van der Waals surface area contributed by atoms with E-state index in [1.165, 1.54) is 0 Å². The second-order valence-electron chi connectivity index (χ2n) is 4.36. The van der Waals surface area contributed by atoms with Crippen molar-refractivity contribution in [3.63, 3.8) is 0 Å². The van der Waals surface area contributed by atoms with Crippen LogP contribution in [0.5, 0.6) is 0 Å². The van der Waals surface area contributed by atoms with E-state index >= 15 is 0 Å². The van der Waals surface area contributed by atoms with E-state index in [0.717, 1.165) is 0 Å². The van der Waals surface area contributed by atoms with Crippen molar-refractivity contribution in [2.75, 3.05) is 0 Å². The zero-order valence-corrected chi connectivity index (χ0v) is 8.52. The van der Waals surface area contributed by atoms with Crippen LogP contribution in [0.4, 0.5) is 0 Å². The minimum Gasteiger partial charge on any atom is -0.148 e. The number of hydrogen-bond acceptors (Lipinski definition) is 4. The maximum Gasteiger partial charge on any atom is 0.237 e. The fourth-order valence-electron chi connectivity index (χ4n) is 2.80. The molecule has 1 rings (SSSR count). The van der Waals surface area contributed by atoms with E-state index in [9.17, 15) is 9.81 Å². The predicted octanol–water partition coefficient (Wildman–Crippen LogP) is 2.77. The molecule has 13 heavy (non-hydrogen) atoms. The molecular weight excluding hydrogens is 168 g/mol. The number of hydrogen-bond donors (Lipinski definition) is 0. The van der Waals surface area contributed by atoms with Crippen LogP contribution in [0.2, 0.25) is 0 Å². The van der Waals surface area contributed by atoms with Crippen LogP contribution >= 0.6 is 0 Å². The lowest BCUT2D eigenvalue weighted by atomic mass is 9.54. The number of nitrogens with zero attached hydrogens (tertiary/aromatic N) is 2. The van der Waals surface area contributed by atoms with Crippen LogP contribution in [0, 0.1) is 33.5 Å². The van der Waals surface area contributed by atoms with Gasteiger partial charge < -0.3 is 0 Å². The Hall–Kier alpha value is -0.800. The highest BCUT2D eigenvalue weighted by molar-refractivity contribution is 5.09. The fourth-order valence-corrected chi connectivity index (χ4v) is 2.80. The Bertz CT molecular complexity index is 208. The molecule has 4 nitrogen and oxygen atoms in total. The van der Waals surface area contributed by atoms with Gasteiger partial charge in [-0.2, -0.15) is 0 Å². The van der Waals surface area contributed by atoms with Gasteiger partial charge in [0, 0.05) is 11.8 Å². The van der Waals surface area contributed by atoms with Gasteiger partial charge in [-0.05, 0) is 22.2 Å². The SMILES string of the molecule is CC(C)C1C(C)C(N=O)(N=O)C1C. The standard InChI is InChI=1S/C9H16N2O2/c1-5(2)8-6(3)9(10-12,11-13)7(8)4/h5-8H,1-4H3. The van der Waals surface area contributed by atoms with E-state index in [-0.39, 0.29) is 11.8 Å². The van der Waals surface area contributed by atoms with E-state index in [2.05, 4.69) is 24.2 Å². The second kappa shape index (κ2) is 3.16. The summed E-state index contributed by atoms with van der Waals surface area (Å²) in [6, 6.07) is 0. The maximum absolute atomic E-state index is 10.6. The summed E-state index contributed by atoms with van der Waals surface area (Å²) in [5.74, 6) is 0.826. The van der Waals surface area contributed by atoms with E-state index in [0.29, 0.717) is 11.8 Å². The van der Waals surface area contributed by atoms with Crippen LogP contribution in [-0.2, 0) is 0 Å². The summed E-state index contributed by atoms with van der Waals surface area (Å²) in [5.41, 5.74) is -1.19. The van der Waals surface area contributed by atoms with E-state index in [4.69, 9.17) is 0 Å². The Morgan fingerprint density at radius 3 is 1.69 bits per heavy atom. The van der Waals surface area contributed by atoms with E-state index in [1.54, 1.807) is 0 Å². The van der Waals surface area contributed by atoms with Crippen LogP contribution in [0.1, 0.15) is 27.7 Å². The summed E-state index contributed by atoms with van der Waals surface area (Å²) in [4.78, 5) is 21.2. The van der Waals surface area contributed by atoms with E-state index < -0.39 is 5.66 Å². The number of rotatable bonds is 3. The third-order valence-electron chi connectivity index (χ3n) is 3.56. The lowest BCUT2D eigenvalue weighted by Crippen LogP contribution is -2.59. The molecule has 0 aromatic carbocycles. The lowest BCUT2D eigenvalue weighted by Gasteiger charge is -2.52. The molecule has 0 aromatic rings. The zero-order chi connectivity index (χ0) is 10.2. The Morgan fingerprint density at radius 2 is 1.46 bits per heavy atom. The molecule has 4 heteroatoms. The quantitative estimate of drug-likeness (QED) is 0.633. The largest absolute Gasteiger partial charge is 0.237 e. The summed E-state index contributed by atoms with van der Waals surface area (Å²) < 4.78 is 0. The molecule has 0 bridgehead atoms. The van der Waals surface area contributed by atoms with Crippen molar-refractivity contribution in [2.24, 2.45) is 34.0 Å². The Morgan fingerprint density at radius 1 is 1.08 bits per heavy atom. The molecule has 1 fully saturated rings. The van der Waals surface area contributed by atoms with Gasteiger partial charge in [0.2, 0.25) is 5.66 Å². The van der Waals surface area contributed by atoms with Crippen molar-refractivity contribution >= 4 is 0 Å². The third-order valence-corrected chi connectivity index (χ3v) is 3.56. The first-order chi connectivity index (χ1) is 6.01. The highest BCUT2D eigenvalue weighted by Crippen LogP contribution is 2.55. The fraction of sp³-hybridized carbons (Fsp3) is 1.00. The van der Waals surface area contributed by atoms with E-state index in [1.807, 2.05) is 13.8 Å². The summed E-state index contributed by atoms with van der Waals surface area (Å²) in [5, 5.41) is 5.82. The lowest BCUT2D eigenvalue weighted by molar-refractivity contribution is -0.0500. The maximum atomic E-state index is 10.6. The van der Waals surface area contributed by atoms with Crippen molar-refractivity contribution in [3.05, 3.63) is 9.81 Å². The molecule has 0 spiro atoms. The topological polar surface area (TPSA) is 58.9 Å². The highest BCUT2D eigenvalue weighted by atomic mass is 16.3. The first kappa shape index (κ1) is 10.3. The van der Waals surface area contributed by atoms with Crippen LogP contribution in [-0.4, -0.2) is 5.66 Å². The van der Waals surface area contributed by atoms with Crippen LogP contribution in [0.15, 0.2) is 10.4 Å². The van der Waals surface area contributed by atoms with Gasteiger partial charge in [0.15, 0.2) is 0 Å². The highest BCUT2D eigenvalue weighted by Gasteiger charge is 2.62. The molecule has 1 aliphatic rings. The van der Waals surface area contributed by atoms with Crippen molar-refractivity contribution in [1.82, 2.24) is 0 Å². The Kier molecular flexibility index (Phi) is 2.50.